The molecule has 0 amide bonds. The standard InChI is InChI=1S/C16H12N4O3S/c21-15-8-11(6-7-14(15)20(22)23)9-17-19-16-18-13(10-24-16)12-4-2-1-3-5-12/h1-10,21H,(H,18,19). The Labute approximate surface area is 141 Å². The first kappa shape index (κ1) is 15.6. The number of anilines is 1. The van der Waals surface area contributed by atoms with Crippen molar-refractivity contribution in [2.45, 2.75) is 0 Å². The summed E-state index contributed by atoms with van der Waals surface area (Å²) in [4.78, 5) is 14.4. The second kappa shape index (κ2) is 6.88. The van der Waals surface area contributed by atoms with Gasteiger partial charge >= 0.3 is 5.69 Å². The number of rotatable bonds is 5. The summed E-state index contributed by atoms with van der Waals surface area (Å²) in [5.74, 6) is -0.399. The van der Waals surface area contributed by atoms with Gasteiger partial charge in [-0.15, -0.1) is 11.3 Å². The molecule has 2 aromatic carbocycles. The van der Waals surface area contributed by atoms with E-state index < -0.39 is 10.7 Å². The highest BCUT2D eigenvalue weighted by Gasteiger charge is 2.12. The maximum absolute atomic E-state index is 10.6. The predicted molar refractivity (Wildman–Crippen MR) is 93.5 cm³/mol. The van der Waals surface area contributed by atoms with Crippen LogP contribution in [0.5, 0.6) is 5.75 Å². The number of nitro benzene ring substituents is 1. The van der Waals surface area contributed by atoms with Gasteiger partial charge in [0.1, 0.15) is 0 Å². The number of benzene rings is 2. The van der Waals surface area contributed by atoms with Gasteiger partial charge in [-0.25, -0.2) is 4.98 Å². The van der Waals surface area contributed by atoms with Gasteiger partial charge in [-0.3, -0.25) is 15.5 Å². The van der Waals surface area contributed by atoms with E-state index in [0.717, 1.165) is 11.3 Å². The molecule has 1 aromatic heterocycles. The van der Waals surface area contributed by atoms with Crippen LogP contribution in [0.2, 0.25) is 0 Å². The summed E-state index contributed by atoms with van der Waals surface area (Å²) < 4.78 is 0. The van der Waals surface area contributed by atoms with Crippen molar-refractivity contribution in [1.82, 2.24) is 4.98 Å². The number of nitro groups is 1. The lowest BCUT2D eigenvalue weighted by molar-refractivity contribution is -0.385. The lowest BCUT2D eigenvalue weighted by atomic mass is 10.2. The lowest BCUT2D eigenvalue weighted by Gasteiger charge is -1.98. The van der Waals surface area contributed by atoms with E-state index in [-0.39, 0.29) is 5.69 Å². The van der Waals surface area contributed by atoms with Crippen LogP contribution in [0.1, 0.15) is 5.56 Å². The van der Waals surface area contributed by atoms with Crippen molar-refractivity contribution in [3.63, 3.8) is 0 Å². The van der Waals surface area contributed by atoms with Crippen molar-refractivity contribution in [3.05, 3.63) is 69.6 Å². The summed E-state index contributed by atoms with van der Waals surface area (Å²) in [5.41, 5.74) is 4.87. The Hall–Kier alpha value is -3.26. The van der Waals surface area contributed by atoms with Crippen molar-refractivity contribution in [3.8, 4) is 17.0 Å². The fourth-order valence-corrected chi connectivity index (χ4v) is 2.67. The Bertz CT molecular complexity index is 893. The summed E-state index contributed by atoms with van der Waals surface area (Å²) in [6.45, 7) is 0. The van der Waals surface area contributed by atoms with E-state index in [1.54, 1.807) is 0 Å². The molecule has 2 N–H and O–H groups in total. The molecular formula is C16H12N4O3S. The van der Waals surface area contributed by atoms with Crippen molar-refractivity contribution in [2.24, 2.45) is 5.10 Å². The zero-order chi connectivity index (χ0) is 16.9. The third-order valence-corrected chi connectivity index (χ3v) is 3.89. The Kier molecular flexibility index (Phi) is 4.48. The number of hydrogen-bond acceptors (Lipinski definition) is 7. The third kappa shape index (κ3) is 3.55. The SMILES string of the molecule is O=[N+]([O-])c1ccc(C=NNc2nc(-c3ccccc3)cs2)cc1O. The molecule has 0 spiro atoms. The van der Waals surface area contributed by atoms with Gasteiger partial charge in [0.15, 0.2) is 5.75 Å². The zero-order valence-electron chi connectivity index (χ0n) is 12.3. The first-order chi connectivity index (χ1) is 11.6. The molecule has 24 heavy (non-hydrogen) atoms. The monoisotopic (exact) mass is 340 g/mol. The summed E-state index contributed by atoms with van der Waals surface area (Å²) in [6.07, 6.45) is 1.45. The molecule has 0 aliphatic heterocycles. The van der Waals surface area contributed by atoms with Gasteiger partial charge in [-0.1, -0.05) is 30.3 Å². The number of phenolic OH excluding ortho intramolecular Hbond substituents is 1. The van der Waals surface area contributed by atoms with E-state index in [9.17, 15) is 15.2 Å². The number of thiazole rings is 1. The Morgan fingerprint density at radius 1 is 1.25 bits per heavy atom. The Morgan fingerprint density at radius 3 is 2.75 bits per heavy atom. The molecule has 0 atom stereocenters. The van der Waals surface area contributed by atoms with Crippen LogP contribution in [0.4, 0.5) is 10.8 Å². The maximum atomic E-state index is 10.6. The van der Waals surface area contributed by atoms with Gasteiger partial charge in [0.05, 0.1) is 16.8 Å². The minimum Gasteiger partial charge on any atom is -0.502 e. The first-order valence-electron chi connectivity index (χ1n) is 6.91. The van der Waals surface area contributed by atoms with Gasteiger partial charge < -0.3 is 5.11 Å². The predicted octanol–water partition coefficient (Wildman–Crippen LogP) is 3.87. The van der Waals surface area contributed by atoms with E-state index in [1.807, 2.05) is 35.7 Å². The minimum absolute atomic E-state index is 0.340. The lowest BCUT2D eigenvalue weighted by Crippen LogP contribution is -1.92. The minimum atomic E-state index is -0.644. The second-order valence-electron chi connectivity index (χ2n) is 4.78. The summed E-state index contributed by atoms with van der Waals surface area (Å²) in [7, 11) is 0. The molecule has 8 heteroatoms. The highest BCUT2D eigenvalue weighted by Crippen LogP contribution is 2.26. The maximum Gasteiger partial charge on any atom is 0.310 e. The summed E-state index contributed by atoms with van der Waals surface area (Å²) in [6, 6.07) is 13.8. The largest absolute Gasteiger partial charge is 0.502 e. The van der Waals surface area contributed by atoms with Crippen molar-refractivity contribution < 1.29 is 10.0 Å². The van der Waals surface area contributed by atoms with Gasteiger partial charge in [0.25, 0.3) is 0 Å². The van der Waals surface area contributed by atoms with Crippen LogP contribution < -0.4 is 5.43 Å². The van der Waals surface area contributed by atoms with Crippen LogP contribution in [-0.2, 0) is 0 Å². The average molecular weight is 340 g/mol. The average Bonchev–Trinajstić information content (AvgIpc) is 3.04. The number of nitrogens with one attached hydrogen (secondary N) is 1. The van der Waals surface area contributed by atoms with Crippen LogP contribution in [0.3, 0.4) is 0 Å². The molecule has 3 aromatic rings. The molecule has 0 aliphatic rings. The molecule has 0 radical (unpaired) electrons. The van der Waals surface area contributed by atoms with E-state index in [4.69, 9.17) is 0 Å². The number of aromatic nitrogens is 1. The molecule has 7 nitrogen and oxygen atoms in total. The van der Waals surface area contributed by atoms with E-state index in [0.29, 0.717) is 10.7 Å². The second-order valence-corrected chi connectivity index (χ2v) is 5.64. The van der Waals surface area contributed by atoms with Crippen molar-refractivity contribution in [1.29, 1.82) is 0 Å². The van der Waals surface area contributed by atoms with Gasteiger partial charge in [0, 0.05) is 17.0 Å². The molecule has 0 aliphatic carbocycles. The van der Waals surface area contributed by atoms with Crippen LogP contribution in [0.25, 0.3) is 11.3 Å². The van der Waals surface area contributed by atoms with Crippen LogP contribution in [-0.4, -0.2) is 21.2 Å². The van der Waals surface area contributed by atoms with E-state index in [1.165, 1.54) is 35.8 Å². The molecule has 0 saturated carbocycles. The number of hydrogen-bond donors (Lipinski definition) is 2. The first-order valence-corrected chi connectivity index (χ1v) is 7.79. The topological polar surface area (TPSA) is 101 Å². The molecule has 0 fully saturated rings. The zero-order valence-corrected chi connectivity index (χ0v) is 13.1. The van der Waals surface area contributed by atoms with E-state index >= 15 is 0 Å². The number of phenols is 1. The molecule has 120 valence electrons. The Balaban J connectivity index is 1.68. The summed E-state index contributed by atoms with van der Waals surface area (Å²) >= 11 is 1.41. The van der Waals surface area contributed by atoms with Crippen LogP contribution in [0, 0.1) is 10.1 Å². The smallest absolute Gasteiger partial charge is 0.310 e. The van der Waals surface area contributed by atoms with E-state index in [2.05, 4.69) is 15.5 Å². The van der Waals surface area contributed by atoms with Gasteiger partial charge in [0.2, 0.25) is 5.13 Å². The molecule has 0 unspecified atom stereocenters. The van der Waals surface area contributed by atoms with Crippen molar-refractivity contribution >= 4 is 28.4 Å². The number of hydrazone groups is 1. The molecule has 0 saturated heterocycles. The number of nitrogens with zero attached hydrogens (tertiary/aromatic N) is 3. The third-order valence-electron chi connectivity index (χ3n) is 3.14. The molecular weight excluding hydrogens is 328 g/mol. The van der Waals surface area contributed by atoms with Gasteiger partial charge in [-0.05, 0) is 17.7 Å². The quantitative estimate of drug-likeness (QED) is 0.417. The summed E-state index contributed by atoms with van der Waals surface area (Å²) in [5, 5.41) is 26.8. The fourth-order valence-electron chi connectivity index (χ4n) is 2.00. The number of aromatic hydroxyl groups is 1. The van der Waals surface area contributed by atoms with Crippen LogP contribution >= 0.6 is 11.3 Å². The van der Waals surface area contributed by atoms with Crippen molar-refractivity contribution in [2.75, 3.05) is 5.43 Å². The van der Waals surface area contributed by atoms with Gasteiger partial charge in [-0.2, -0.15) is 5.10 Å². The fraction of sp³-hybridized carbons (Fsp3) is 0. The normalized spacial score (nSPS) is 10.8. The highest BCUT2D eigenvalue weighted by molar-refractivity contribution is 7.14. The van der Waals surface area contributed by atoms with Crippen LogP contribution in [0.15, 0.2) is 59.0 Å². The molecule has 0 bridgehead atoms. The molecule has 1 heterocycles. The Morgan fingerprint density at radius 2 is 2.04 bits per heavy atom. The highest BCUT2D eigenvalue weighted by atomic mass is 32.1. The molecule has 3 rings (SSSR count).